The van der Waals surface area contributed by atoms with Gasteiger partial charge >= 0.3 is 0 Å². The molecule has 2 aromatic heterocycles. The summed E-state index contributed by atoms with van der Waals surface area (Å²) in [6, 6.07) is 5.68. The number of carbonyl (C=O) groups is 2. The zero-order valence-corrected chi connectivity index (χ0v) is 17.1. The molecule has 4 rings (SSSR count). The fourth-order valence-corrected chi connectivity index (χ4v) is 3.97. The molecule has 156 valence electrons. The average molecular weight is 430 g/mol. The van der Waals surface area contributed by atoms with Crippen LogP contribution in [0.1, 0.15) is 41.7 Å². The van der Waals surface area contributed by atoms with E-state index in [1.807, 2.05) is 13.0 Å². The highest BCUT2D eigenvalue weighted by Crippen LogP contribution is 2.28. The number of anilines is 1. The van der Waals surface area contributed by atoms with Crippen LogP contribution < -0.4 is 10.6 Å². The van der Waals surface area contributed by atoms with Crippen molar-refractivity contribution in [2.75, 3.05) is 5.32 Å². The second-order valence-electron chi connectivity index (χ2n) is 7.52. The summed E-state index contributed by atoms with van der Waals surface area (Å²) in [5.41, 5.74) is 2.25. The summed E-state index contributed by atoms with van der Waals surface area (Å²) in [6.07, 6.45) is 5.83. The van der Waals surface area contributed by atoms with Crippen LogP contribution in [0.4, 0.5) is 10.1 Å². The van der Waals surface area contributed by atoms with E-state index in [0.29, 0.717) is 42.6 Å². The Hall–Kier alpha value is -3.00. The average Bonchev–Trinajstić information content (AvgIpc) is 3.16. The summed E-state index contributed by atoms with van der Waals surface area (Å²) in [5.74, 6) is -0.990. The molecule has 30 heavy (non-hydrogen) atoms. The number of aromatic nitrogens is 3. The van der Waals surface area contributed by atoms with Gasteiger partial charge in [-0.2, -0.15) is 5.10 Å². The van der Waals surface area contributed by atoms with Gasteiger partial charge in [0.2, 0.25) is 5.91 Å². The van der Waals surface area contributed by atoms with Crippen molar-refractivity contribution in [1.82, 2.24) is 19.9 Å². The minimum Gasteiger partial charge on any atom is -0.349 e. The van der Waals surface area contributed by atoms with E-state index in [1.54, 1.807) is 10.7 Å². The molecule has 0 atom stereocenters. The van der Waals surface area contributed by atoms with E-state index in [0.717, 1.165) is 5.69 Å². The van der Waals surface area contributed by atoms with Gasteiger partial charge in [0, 0.05) is 23.9 Å². The SMILES string of the molecule is Cc1ccnc2c(C(=O)NC3CCC(C(=O)Nc4ccc(F)cc4Cl)CC3)cnn12. The van der Waals surface area contributed by atoms with Crippen molar-refractivity contribution in [3.63, 3.8) is 0 Å². The topological polar surface area (TPSA) is 88.4 Å². The molecule has 2 amide bonds. The Balaban J connectivity index is 1.33. The number of hydrogen-bond acceptors (Lipinski definition) is 4. The van der Waals surface area contributed by atoms with Gasteiger partial charge in [0.15, 0.2) is 5.65 Å². The summed E-state index contributed by atoms with van der Waals surface area (Å²) in [4.78, 5) is 29.5. The van der Waals surface area contributed by atoms with E-state index in [2.05, 4.69) is 20.7 Å². The minimum absolute atomic E-state index is 0.0179. The lowest BCUT2D eigenvalue weighted by Gasteiger charge is -2.28. The Morgan fingerprint density at radius 1 is 1.20 bits per heavy atom. The third-order valence-electron chi connectivity index (χ3n) is 5.46. The molecule has 1 aromatic carbocycles. The highest BCUT2D eigenvalue weighted by Gasteiger charge is 2.28. The van der Waals surface area contributed by atoms with E-state index < -0.39 is 5.82 Å². The third kappa shape index (κ3) is 4.14. The first-order valence-electron chi connectivity index (χ1n) is 9.78. The van der Waals surface area contributed by atoms with E-state index in [1.165, 1.54) is 24.4 Å². The van der Waals surface area contributed by atoms with Gasteiger partial charge < -0.3 is 10.6 Å². The molecular formula is C21H21ClFN5O2. The quantitative estimate of drug-likeness (QED) is 0.661. The first-order valence-corrected chi connectivity index (χ1v) is 10.2. The largest absolute Gasteiger partial charge is 0.349 e. The predicted octanol–water partition coefficient (Wildman–Crippen LogP) is 3.76. The molecule has 3 aromatic rings. The molecule has 1 saturated carbocycles. The summed E-state index contributed by atoms with van der Waals surface area (Å²) < 4.78 is 14.8. The molecule has 0 aliphatic heterocycles. The van der Waals surface area contributed by atoms with Crippen LogP contribution in [0.15, 0.2) is 36.7 Å². The molecule has 1 aliphatic rings. The van der Waals surface area contributed by atoms with Gasteiger partial charge in [-0.25, -0.2) is 13.9 Å². The van der Waals surface area contributed by atoms with Crippen LogP contribution in [0, 0.1) is 18.7 Å². The molecule has 0 unspecified atom stereocenters. The van der Waals surface area contributed by atoms with E-state index in [4.69, 9.17) is 11.6 Å². The van der Waals surface area contributed by atoms with Gasteiger partial charge in [0.25, 0.3) is 5.91 Å². The van der Waals surface area contributed by atoms with Crippen LogP contribution in [0.3, 0.4) is 0 Å². The zero-order valence-electron chi connectivity index (χ0n) is 16.4. The molecule has 1 fully saturated rings. The van der Waals surface area contributed by atoms with Crippen LogP contribution in [0.2, 0.25) is 5.02 Å². The number of nitrogens with zero attached hydrogens (tertiary/aromatic N) is 3. The predicted molar refractivity (Wildman–Crippen MR) is 111 cm³/mol. The number of benzene rings is 1. The highest BCUT2D eigenvalue weighted by atomic mass is 35.5. The van der Waals surface area contributed by atoms with Crippen molar-refractivity contribution in [3.05, 3.63) is 58.8 Å². The van der Waals surface area contributed by atoms with Crippen molar-refractivity contribution in [2.45, 2.75) is 38.6 Å². The number of amides is 2. The number of carbonyl (C=O) groups excluding carboxylic acids is 2. The summed E-state index contributed by atoms with van der Waals surface area (Å²) in [7, 11) is 0. The Kier molecular flexibility index (Phi) is 5.67. The maximum atomic E-state index is 13.2. The Bertz CT molecular complexity index is 1110. The van der Waals surface area contributed by atoms with Gasteiger partial charge in [0.05, 0.1) is 16.9 Å². The normalized spacial score (nSPS) is 18.9. The number of aryl methyl sites for hydroxylation is 1. The van der Waals surface area contributed by atoms with Crippen LogP contribution >= 0.6 is 11.6 Å². The monoisotopic (exact) mass is 429 g/mol. The number of nitrogens with one attached hydrogen (secondary N) is 2. The van der Waals surface area contributed by atoms with Crippen LogP contribution in [-0.4, -0.2) is 32.5 Å². The first-order chi connectivity index (χ1) is 14.4. The number of halogens is 2. The van der Waals surface area contributed by atoms with Crippen molar-refractivity contribution >= 4 is 34.7 Å². The third-order valence-corrected chi connectivity index (χ3v) is 5.77. The van der Waals surface area contributed by atoms with Crippen LogP contribution in [0.25, 0.3) is 5.65 Å². The summed E-state index contributed by atoms with van der Waals surface area (Å²) in [6.45, 7) is 1.90. The summed E-state index contributed by atoms with van der Waals surface area (Å²) >= 11 is 5.98. The molecule has 1 aliphatic carbocycles. The number of fused-ring (bicyclic) bond motifs is 1. The Labute approximate surface area is 177 Å². The fraction of sp³-hybridized carbons (Fsp3) is 0.333. The zero-order chi connectivity index (χ0) is 21.3. The lowest BCUT2D eigenvalue weighted by molar-refractivity contribution is -0.120. The van der Waals surface area contributed by atoms with Gasteiger partial charge in [0.1, 0.15) is 11.4 Å². The van der Waals surface area contributed by atoms with E-state index >= 15 is 0 Å². The van der Waals surface area contributed by atoms with Crippen molar-refractivity contribution in [1.29, 1.82) is 0 Å². The lowest BCUT2D eigenvalue weighted by Crippen LogP contribution is -2.39. The number of hydrogen-bond donors (Lipinski definition) is 2. The fourth-order valence-electron chi connectivity index (χ4n) is 3.76. The van der Waals surface area contributed by atoms with Crippen LogP contribution in [-0.2, 0) is 4.79 Å². The first kappa shape index (κ1) is 20.3. The van der Waals surface area contributed by atoms with E-state index in [9.17, 15) is 14.0 Å². The molecule has 0 radical (unpaired) electrons. The Morgan fingerprint density at radius 2 is 1.97 bits per heavy atom. The molecule has 2 N–H and O–H groups in total. The van der Waals surface area contributed by atoms with Gasteiger partial charge in [-0.05, 0) is 56.9 Å². The standard InChI is InChI=1S/C21H21ClFN5O2/c1-12-8-9-24-19-16(11-25-28(12)19)21(30)26-15-5-2-13(3-6-15)20(29)27-18-7-4-14(23)10-17(18)22/h4,7-11,13,15H,2-3,5-6H2,1H3,(H,26,30)(H,27,29). The molecule has 2 heterocycles. The van der Waals surface area contributed by atoms with Gasteiger partial charge in [-0.15, -0.1) is 0 Å². The Morgan fingerprint density at radius 3 is 2.70 bits per heavy atom. The molecule has 0 spiro atoms. The maximum Gasteiger partial charge on any atom is 0.256 e. The smallest absolute Gasteiger partial charge is 0.256 e. The molecule has 0 saturated heterocycles. The maximum absolute atomic E-state index is 13.2. The van der Waals surface area contributed by atoms with Crippen molar-refractivity contribution in [2.24, 2.45) is 5.92 Å². The molecular weight excluding hydrogens is 409 g/mol. The molecule has 0 bridgehead atoms. The molecule has 9 heteroatoms. The van der Waals surface area contributed by atoms with Gasteiger partial charge in [-0.3, -0.25) is 9.59 Å². The second-order valence-corrected chi connectivity index (χ2v) is 7.92. The second kappa shape index (κ2) is 8.39. The van der Waals surface area contributed by atoms with Crippen molar-refractivity contribution in [3.8, 4) is 0 Å². The minimum atomic E-state index is -0.453. The molecule has 7 nitrogen and oxygen atoms in total. The highest BCUT2D eigenvalue weighted by molar-refractivity contribution is 6.33. The van der Waals surface area contributed by atoms with Crippen molar-refractivity contribution < 1.29 is 14.0 Å². The van der Waals surface area contributed by atoms with E-state index in [-0.39, 0.29) is 28.8 Å². The van der Waals surface area contributed by atoms with Crippen LogP contribution in [0.5, 0.6) is 0 Å². The lowest BCUT2D eigenvalue weighted by atomic mass is 9.85. The van der Waals surface area contributed by atoms with Gasteiger partial charge in [-0.1, -0.05) is 11.6 Å². The summed E-state index contributed by atoms with van der Waals surface area (Å²) in [5, 5.41) is 10.2. The number of rotatable bonds is 4.